The summed E-state index contributed by atoms with van der Waals surface area (Å²) in [6.45, 7) is 0.573. The third-order valence-electron chi connectivity index (χ3n) is 6.30. The Hall–Kier alpha value is -1.75. The Morgan fingerprint density at radius 2 is 1.92 bits per heavy atom. The maximum absolute atomic E-state index is 12.5. The van der Waals surface area contributed by atoms with Crippen LogP contribution >= 0.6 is 11.3 Å². The molecule has 4 aliphatic rings. The molecule has 4 nitrogen and oxygen atoms in total. The number of nitrogens with one attached hydrogen (secondary N) is 2. The zero-order chi connectivity index (χ0) is 16.9. The van der Waals surface area contributed by atoms with Crippen molar-refractivity contribution in [2.75, 3.05) is 0 Å². The van der Waals surface area contributed by atoms with E-state index in [2.05, 4.69) is 22.1 Å². The molecule has 0 atom stereocenters. The van der Waals surface area contributed by atoms with E-state index in [4.69, 9.17) is 4.42 Å². The summed E-state index contributed by atoms with van der Waals surface area (Å²) in [5.74, 6) is 3.42. The molecular weight excluding hydrogens is 332 g/mol. The molecule has 0 unspecified atom stereocenters. The molecule has 4 bridgehead atoms. The molecule has 2 amide bonds. The van der Waals surface area contributed by atoms with Crippen molar-refractivity contribution >= 4 is 17.4 Å². The van der Waals surface area contributed by atoms with Crippen molar-refractivity contribution in [1.82, 2.24) is 10.6 Å². The second-order valence-corrected chi connectivity index (χ2v) is 9.28. The van der Waals surface area contributed by atoms with Crippen LogP contribution in [0, 0.1) is 17.8 Å². The van der Waals surface area contributed by atoms with Gasteiger partial charge in [0.2, 0.25) is 0 Å². The Balaban J connectivity index is 1.19. The molecule has 132 valence electrons. The second-order valence-electron chi connectivity index (χ2n) is 8.28. The molecule has 4 fully saturated rings. The number of urea groups is 1. The number of thiophene rings is 1. The van der Waals surface area contributed by atoms with Gasteiger partial charge in [-0.15, -0.1) is 11.3 Å². The van der Waals surface area contributed by atoms with Crippen LogP contribution in [0.25, 0.3) is 11.3 Å². The van der Waals surface area contributed by atoms with E-state index < -0.39 is 0 Å². The van der Waals surface area contributed by atoms with Crippen LogP contribution in [0.15, 0.2) is 34.3 Å². The maximum Gasteiger partial charge on any atom is 0.315 e. The molecule has 0 radical (unpaired) electrons. The van der Waals surface area contributed by atoms with Crippen LogP contribution in [0.5, 0.6) is 0 Å². The monoisotopic (exact) mass is 356 g/mol. The fourth-order valence-electron chi connectivity index (χ4n) is 5.76. The van der Waals surface area contributed by atoms with E-state index in [9.17, 15) is 4.79 Å². The van der Waals surface area contributed by atoms with Gasteiger partial charge in [-0.3, -0.25) is 0 Å². The molecule has 2 heterocycles. The average Bonchev–Trinajstić information content (AvgIpc) is 3.22. The number of hydrogen-bond acceptors (Lipinski definition) is 3. The summed E-state index contributed by atoms with van der Waals surface area (Å²) < 4.78 is 5.42. The number of amides is 2. The molecule has 4 aliphatic carbocycles. The lowest BCUT2D eigenvalue weighted by Gasteiger charge is -2.56. The Kier molecular flexibility index (Phi) is 3.66. The summed E-state index contributed by atoms with van der Waals surface area (Å²) in [6.07, 6.45) is 9.44. The molecule has 6 rings (SSSR count). The number of rotatable bonds is 4. The Morgan fingerprint density at radius 1 is 1.20 bits per heavy atom. The third kappa shape index (κ3) is 2.99. The van der Waals surface area contributed by atoms with Gasteiger partial charge in [0.25, 0.3) is 0 Å². The minimum Gasteiger partial charge on any atom is -0.464 e. The van der Waals surface area contributed by atoms with Crippen molar-refractivity contribution in [2.24, 2.45) is 17.8 Å². The summed E-state index contributed by atoms with van der Waals surface area (Å²) in [4.78, 5) is 13.6. The SMILES string of the molecule is O=C(NCc1cc(-c2ccco2)cs1)NC12CC3CC(CC(C3)C1)C2. The van der Waals surface area contributed by atoms with Crippen LogP contribution < -0.4 is 10.6 Å². The van der Waals surface area contributed by atoms with E-state index in [0.29, 0.717) is 6.54 Å². The fourth-order valence-corrected chi connectivity index (χ4v) is 6.57. The van der Waals surface area contributed by atoms with Crippen molar-refractivity contribution in [1.29, 1.82) is 0 Å². The highest BCUT2D eigenvalue weighted by atomic mass is 32.1. The molecule has 0 aliphatic heterocycles. The molecule has 4 saturated carbocycles. The highest BCUT2D eigenvalue weighted by molar-refractivity contribution is 7.10. The van der Waals surface area contributed by atoms with Crippen molar-refractivity contribution < 1.29 is 9.21 Å². The lowest BCUT2D eigenvalue weighted by molar-refractivity contribution is -0.0135. The lowest BCUT2D eigenvalue weighted by Crippen LogP contribution is -2.61. The van der Waals surface area contributed by atoms with Gasteiger partial charge in [-0.2, -0.15) is 0 Å². The number of hydrogen-bond donors (Lipinski definition) is 2. The zero-order valence-electron chi connectivity index (χ0n) is 14.3. The molecule has 25 heavy (non-hydrogen) atoms. The zero-order valence-corrected chi connectivity index (χ0v) is 15.1. The van der Waals surface area contributed by atoms with Crippen LogP contribution in [-0.2, 0) is 6.54 Å². The number of carbonyl (C=O) groups is 1. The normalized spacial score (nSPS) is 32.7. The highest BCUT2D eigenvalue weighted by Gasteiger charge is 2.51. The second kappa shape index (κ2) is 5.90. The minimum atomic E-state index is -0.00472. The standard InChI is InChI=1S/C20H24N2O2S/c23-19(21-11-17-7-16(12-25-17)18-2-1-3-24-18)22-20-8-13-4-14(9-20)6-15(5-13)10-20/h1-3,7,12-15H,4-6,8-11H2,(H2,21,22,23). The lowest BCUT2D eigenvalue weighted by atomic mass is 9.53. The van der Waals surface area contributed by atoms with Crippen LogP contribution in [0.3, 0.4) is 0 Å². The van der Waals surface area contributed by atoms with Gasteiger partial charge in [0.05, 0.1) is 12.8 Å². The summed E-state index contributed by atoms with van der Waals surface area (Å²) >= 11 is 1.66. The van der Waals surface area contributed by atoms with E-state index in [1.165, 1.54) is 38.5 Å². The minimum absolute atomic E-state index is 0.00472. The predicted molar refractivity (Wildman–Crippen MR) is 98.3 cm³/mol. The summed E-state index contributed by atoms with van der Waals surface area (Å²) in [5.41, 5.74) is 1.15. The van der Waals surface area contributed by atoms with E-state index in [1.807, 2.05) is 12.1 Å². The van der Waals surface area contributed by atoms with E-state index in [-0.39, 0.29) is 11.6 Å². The highest BCUT2D eigenvalue weighted by Crippen LogP contribution is 2.55. The molecular formula is C20H24N2O2S. The fraction of sp³-hybridized carbons (Fsp3) is 0.550. The Labute approximate surface area is 152 Å². The summed E-state index contributed by atoms with van der Waals surface area (Å²) in [5, 5.41) is 8.50. The number of carbonyl (C=O) groups excluding carboxylic acids is 1. The first-order valence-corrected chi connectivity index (χ1v) is 10.2. The van der Waals surface area contributed by atoms with E-state index in [1.54, 1.807) is 17.6 Å². The topological polar surface area (TPSA) is 54.3 Å². The van der Waals surface area contributed by atoms with Gasteiger partial charge in [0, 0.05) is 21.4 Å². The maximum atomic E-state index is 12.5. The molecule has 2 aromatic rings. The largest absolute Gasteiger partial charge is 0.464 e. The van der Waals surface area contributed by atoms with Gasteiger partial charge in [-0.25, -0.2) is 4.79 Å². The Bertz CT molecular complexity index is 729. The first-order valence-electron chi connectivity index (χ1n) is 9.35. The molecule has 0 aromatic carbocycles. The summed E-state index contributed by atoms with van der Waals surface area (Å²) in [6, 6.07) is 5.94. The molecule has 2 N–H and O–H groups in total. The predicted octanol–water partition coefficient (Wildman–Crippen LogP) is 4.78. The van der Waals surface area contributed by atoms with Gasteiger partial charge in [0.15, 0.2) is 0 Å². The van der Waals surface area contributed by atoms with Crippen molar-refractivity contribution in [2.45, 2.75) is 50.6 Å². The first-order chi connectivity index (χ1) is 12.2. The van der Waals surface area contributed by atoms with Gasteiger partial charge in [-0.05, 0) is 74.5 Å². The van der Waals surface area contributed by atoms with Crippen LogP contribution in [0.2, 0.25) is 0 Å². The number of furan rings is 1. The summed E-state index contributed by atoms with van der Waals surface area (Å²) in [7, 11) is 0. The van der Waals surface area contributed by atoms with Gasteiger partial charge in [-0.1, -0.05) is 0 Å². The molecule has 2 aromatic heterocycles. The van der Waals surface area contributed by atoms with Crippen LogP contribution in [-0.4, -0.2) is 11.6 Å². The molecule has 0 spiro atoms. The quantitative estimate of drug-likeness (QED) is 0.828. The van der Waals surface area contributed by atoms with E-state index >= 15 is 0 Å². The smallest absolute Gasteiger partial charge is 0.315 e. The molecule has 0 saturated heterocycles. The van der Waals surface area contributed by atoms with Crippen molar-refractivity contribution in [3.05, 3.63) is 34.7 Å². The first kappa shape index (κ1) is 15.5. The van der Waals surface area contributed by atoms with Gasteiger partial charge in [0.1, 0.15) is 5.76 Å². The van der Waals surface area contributed by atoms with E-state index in [0.717, 1.165) is 34.0 Å². The van der Waals surface area contributed by atoms with Gasteiger partial charge >= 0.3 is 6.03 Å². The van der Waals surface area contributed by atoms with Crippen molar-refractivity contribution in [3.8, 4) is 11.3 Å². The third-order valence-corrected chi connectivity index (χ3v) is 7.24. The van der Waals surface area contributed by atoms with Crippen LogP contribution in [0.4, 0.5) is 4.79 Å². The Morgan fingerprint density at radius 3 is 2.56 bits per heavy atom. The van der Waals surface area contributed by atoms with Gasteiger partial charge < -0.3 is 15.1 Å². The van der Waals surface area contributed by atoms with Crippen molar-refractivity contribution in [3.63, 3.8) is 0 Å². The average molecular weight is 356 g/mol. The molecule has 5 heteroatoms. The van der Waals surface area contributed by atoms with Crippen LogP contribution in [0.1, 0.15) is 43.4 Å².